The van der Waals surface area contributed by atoms with Gasteiger partial charge in [0.25, 0.3) is 0 Å². The van der Waals surface area contributed by atoms with Gasteiger partial charge in [-0.1, -0.05) is 29.8 Å². The lowest BCUT2D eigenvalue weighted by Gasteiger charge is -2.12. The van der Waals surface area contributed by atoms with Crippen molar-refractivity contribution in [3.8, 4) is 0 Å². The Morgan fingerprint density at radius 2 is 2.00 bits per heavy atom. The van der Waals surface area contributed by atoms with E-state index in [1.165, 1.54) is 11.1 Å². The molecule has 76 valence electrons. The average molecular weight is 191 g/mol. The molecule has 0 aromatic heterocycles. The maximum atomic E-state index is 5.81. The van der Waals surface area contributed by atoms with E-state index in [9.17, 15) is 0 Å². The van der Waals surface area contributed by atoms with Crippen LogP contribution in [0, 0.1) is 6.92 Å². The fourth-order valence-corrected chi connectivity index (χ4v) is 1.91. The molecule has 1 fully saturated rings. The monoisotopic (exact) mass is 191 g/mol. The number of benzene rings is 1. The Morgan fingerprint density at radius 3 is 2.57 bits per heavy atom. The number of rotatable bonds is 2. The van der Waals surface area contributed by atoms with Crippen LogP contribution in [0.1, 0.15) is 30.1 Å². The second-order valence-corrected chi connectivity index (χ2v) is 3.97. The summed E-state index contributed by atoms with van der Waals surface area (Å²) in [6.07, 6.45) is 2.73. The van der Waals surface area contributed by atoms with Gasteiger partial charge in [-0.3, -0.25) is 0 Å². The molecule has 14 heavy (non-hydrogen) atoms. The van der Waals surface area contributed by atoms with Gasteiger partial charge < -0.3 is 10.5 Å². The van der Waals surface area contributed by atoms with Crippen molar-refractivity contribution in [1.29, 1.82) is 0 Å². The zero-order valence-electron chi connectivity index (χ0n) is 8.57. The molecule has 0 aliphatic carbocycles. The Kier molecular flexibility index (Phi) is 2.85. The molecule has 2 rings (SSSR count). The maximum Gasteiger partial charge on any atom is 0.0830 e. The second-order valence-electron chi connectivity index (χ2n) is 3.97. The molecule has 2 heteroatoms. The first-order valence-electron chi connectivity index (χ1n) is 5.21. The molecule has 0 spiro atoms. The third-order valence-corrected chi connectivity index (χ3v) is 2.82. The Balaban J connectivity index is 2.06. The first-order chi connectivity index (χ1) is 6.79. The maximum absolute atomic E-state index is 5.81. The predicted octanol–water partition coefficient (Wildman–Crippen LogP) is 2.17. The molecule has 0 unspecified atom stereocenters. The molecule has 2 N–H and O–H groups in total. The summed E-state index contributed by atoms with van der Waals surface area (Å²) in [4.78, 5) is 0. The molecule has 1 aromatic carbocycles. The Labute approximate surface area is 85.1 Å². The number of hydrogen-bond donors (Lipinski definition) is 1. The summed E-state index contributed by atoms with van der Waals surface area (Å²) in [6.45, 7) is 2.74. The Bertz CT molecular complexity index is 294. The minimum absolute atomic E-state index is 0.265. The summed E-state index contributed by atoms with van der Waals surface area (Å²) in [6, 6.07) is 8.57. The molecule has 1 aromatic rings. The highest BCUT2D eigenvalue weighted by molar-refractivity contribution is 5.23. The first-order valence-corrected chi connectivity index (χ1v) is 5.21. The second kappa shape index (κ2) is 4.11. The SMILES string of the molecule is Cc1ccc([C@H]2CC[C@H](CN)O2)cc1. The molecule has 1 aliphatic heterocycles. The molecule has 2 atom stereocenters. The largest absolute Gasteiger partial charge is 0.369 e. The van der Waals surface area contributed by atoms with E-state index in [4.69, 9.17) is 10.5 Å². The molecule has 1 saturated heterocycles. The van der Waals surface area contributed by atoms with Crippen molar-refractivity contribution in [3.05, 3.63) is 35.4 Å². The van der Waals surface area contributed by atoms with Gasteiger partial charge in [0.05, 0.1) is 12.2 Å². The first kappa shape index (κ1) is 9.69. The quantitative estimate of drug-likeness (QED) is 0.777. The summed E-state index contributed by atoms with van der Waals surface area (Å²) in [5.41, 5.74) is 8.15. The molecule has 2 nitrogen and oxygen atoms in total. The number of ether oxygens (including phenoxy) is 1. The summed E-state index contributed by atoms with van der Waals surface area (Å²) in [5.74, 6) is 0. The van der Waals surface area contributed by atoms with E-state index in [-0.39, 0.29) is 12.2 Å². The van der Waals surface area contributed by atoms with Crippen LogP contribution in [0.25, 0.3) is 0 Å². The van der Waals surface area contributed by atoms with Crippen LogP contribution in [0.3, 0.4) is 0 Å². The average Bonchev–Trinajstić information content (AvgIpc) is 2.67. The molecular formula is C12H17NO. The molecule has 0 radical (unpaired) electrons. The zero-order chi connectivity index (χ0) is 9.97. The van der Waals surface area contributed by atoms with Crippen molar-refractivity contribution in [3.63, 3.8) is 0 Å². The Hall–Kier alpha value is -0.860. The highest BCUT2D eigenvalue weighted by Crippen LogP contribution is 2.32. The van der Waals surface area contributed by atoms with Crippen LogP contribution < -0.4 is 5.73 Å². The Morgan fingerprint density at radius 1 is 1.29 bits per heavy atom. The lowest BCUT2D eigenvalue weighted by atomic mass is 10.0. The molecule has 0 amide bonds. The van der Waals surface area contributed by atoms with E-state index >= 15 is 0 Å². The van der Waals surface area contributed by atoms with Crippen LogP contribution in [-0.4, -0.2) is 12.6 Å². The van der Waals surface area contributed by atoms with Crippen molar-refractivity contribution in [1.82, 2.24) is 0 Å². The highest BCUT2D eigenvalue weighted by atomic mass is 16.5. The van der Waals surface area contributed by atoms with Crippen molar-refractivity contribution >= 4 is 0 Å². The van der Waals surface area contributed by atoms with Gasteiger partial charge in [0.15, 0.2) is 0 Å². The fraction of sp³-hybridized carbons (Fsp3) is 0.500. The van der Waals surface area contributed by atoms with Crippen LogP contribution in [0.15, 0.2) is 24.3 Å². The van der Waals surface area contributed by atoms with Gasteiger partial charge in [0, 0.05) is 6.54 Å². The topological polar surface area (TPSA) is 35.2 Å². The van der Waals surface area contributed by atoms with Crippen LogP contribution in [-0.2, 0) is 4.74 Å². The van der Waals surface area contributed by atoms with Crippen molar-refractivity contribution in [2.45, 2.75) is 32.0 Å². The van der Waals surface area contributed by atoms with Crippen LogP contribution in [0.5, 0.6) is 0 Å². The summed E-state index contributed by atoms with van der Waals surface area (Å²) in [5, 5.41) is 0. The van der Waals surface area contributed by atoms with E-state index in [1.807, 2.05) is 0 Å². The summed E-state index contributed by atoms with van der Waals surface area (Å²) >= 11 is 0. The molecule has 1 aliphatic rings. The number of nitrogens with two attached hydrogens (primary N) is 1. The van der Waals surface area contributed by atoms with E-state index in [0.29, 0.717) is 6.54 Å². The summed E-state index contributed by atoms with van der Waals surface area (Å²) in [7, 11) is 0. The highest BCUT2D eigenvalue weighted by Gasteiger charge is 2.24. The predicted molar refractivity (Wildman–Crippen MR) is 57.1 cm³/mol. The van der Waals surface area contributed by atoms with E-state index in [1.54, 1.807) is 0 Å². The molecule has 0 saturated carbocycles. The minimum atomic E-state index is 0.265. The third kappa shape index (κ3) is 1.97. The normalized spacial score (nSPS) is 26.7. The van der Waals surface area contributed by atoms with E-state index < -0.39 is 0 Å². The van der Waals surface area contributed by atoms with E-state index in [0.717, 1.165) is 12.8 Å². The third-order valence-electron chi connectivity index (χ3n) is 2.82. The smallest absolute Gasteiger partial charge is 0.0830 e. The van der Waals surface area contributed by atoms with Crippen molar-refractivity contribution in [2.24, 2.45) is 5.73 Å². The standard InChI is InChI=1S/C12H17NO/c1-9-2-4-10(5-3-9)12-7-6-11(8-13)14-12/h2-5,11-12H,6-8,13H2,1H3/t11-,12-/m1/s1. The fourth-order valence-electron chi connectivity index (χ4n) is 1.91. The van der Waals surface area contributed by atoms with Crippen LogP contribution in [0.2, 0.25) is 0 Å². The molecular weight excluding hydrogens is 174 g/mol. The minimum Gasteiger partial charge on any atom is -0.369 e. The van der Waals surface area contributed by atoms with Gasteiger partial charge in [-0.15, -0.1) is 0 Å². The zero-order valence-corrected chi connectivity index (χ0v) is 8.57. The van der Waals surface area contributed by atoms with Crippen LogP contribution in [0.4, 0.5) is 0 Å². The van der Waals surface area contributed by atoms with Gasteiger partial charge in [-0.05, 0) is 25.3 Å². The lowest BCUT2D eigenvalue weighted by molar-refractivity contribution is 0.0498. The number of aryl methyl sites for hydroxylation is 1. The van der Waals surface area contributed by atoms with Gasteiger partial charge >= 0.3 is 0 Å². The number of hydrogen-bond acceptors (Lipinski definition) is 2. The lowest BCUT2D eigenvalue weighted by Crippen LogP contribution is -2.18. The van der Waals surface area contributed by atoms with Gasteiger partial charge in [-0.25, -0.2) is 0 Å². The van der Waals surface area contributed by atoms with Gasteiger partial charge in [0.1, 0.15) is 0 Å². The summed E-state index contributed by atoms with van der Waals surface area (Å²) < 4.78 is 5.81. The molecule has 0 bridgehead atoms. The van der Waals surface area contributed by atoms with Crippen LogP contribution >= 0.6 is 0 Å². The van der Waals surface area contributed by atoms with Gasteiger partial charge in [-0.2, -0.15) is 0 Å². The van der Waals surface area contributed by atoms with Crippen molar-refractivity contribution < 1.29 is 4.74 Å². The van der Waals surface area contributed by atoms with Gasteiger partial charge in [0.2, 0.25) is 0 Å². The van der Waals surface area contributed by atoms with Crippen molar-refractivity contribution in [2.75, 3.05) is 6.54 Å². The molecule has 1 heterocycles. The van der Waals surface area contributed by atoms with E-state index in [2.05, 4.69) is 31.2 Å².